The molecule has 3 aromatic heterocycles. The van der Waals surface area contributed by atoms with E-state index in [1.165, 1.54) is 0 Å². The summed E-state index contributed by atoms with van der Waals surface area (Å²) in [5.74, 6) is 6.34. The Morgan fingerprint density at radius 2 is 1.70 bits per heavy atom. The van der Waals surface area contributed by atoms with E-state index in [9.17, 15) is 4.79 Å². The van der Waals surface area contributed by atoms with Gasteiger partial charge < -0.3 is 16.0 Å². The first-order valence-corrected chi connectivity index (χ1v) is 11.8. The van der Waals surface area contributed by atoms with E-state index in [4.69, 9.17) is 11.6 Å². The Morgan fingerprint density at radius 1 is 0.919 bits per heavy atom. The van der Waals surface area contributed by atoms with Crippen LogP contribution in [0.3, 0.4) is 0 Å². The van der Waals surface area contributed by atoms with Gasteiger partial charge in [-0.05, 0) is 67.3 Å². The van der Waals surface area contributed by atoms with Crippen LogP contribution >= 0.6 is 11.6 Å². The Kier molecular flexibility index (Phi) is 6.49. The van der Waals surface area contributed by atoms with Gasteiger partial charge in [0.05, 0.1) is 30.0 Å². The summed E-state index contributed by atoms with van der Waals surface area (Å²) in [5, 5.41) is 18.2. The Morgan fingerprint density at radius 3 is 2.46 bits per heavy atom. The minimum Gasteiger partial charge on any atom is -0.350 e. The zero-order valence-electron chi connectivity index (χ0n) is 20.4. The van der Waals surface area contributed by atoms with Crippen LogP contribution in [0, 0.1) is 25.7 Å². The average Bonchev–Trinajstić information content (AvgIpc) is 3.48. The third kappa shape index (κ3) is 5.39. The molecule has 2 aromatic carbocycles. The van der Waals surface area contributed by atoms with Crippen LogP contribution in [0.25, 0.3) is 5.65 Å². The van der Waals surface area contributed by atoms with Crippen molar-refractivity contribution in [3.63, 3.8) is 0 Å². The van der Waals surface area contributed by atoms with Crippen molar-refractivity contribution in [2.45, 2.75) is 13.8 Å². The Labute approximate surface area is 218 Å². The maximum atomic E-state index is 12.5. The zero-order chi connectivity index (χ0) is 25.9. The number of nitrogens with one attached hydrogen (secondary N) is 3. The molecule has 0 bridgehead atoms. The number of nitrogens with zero attached hydrogens (tertiary/aromatic N) is 5. The second-order valence-electron chi connectivity index (χ2n) is 8.47. The molecule has 3 heterocycles. The smallest absolute Gasteiger partial charge is 0.323 e. The number of benzene rings is 2. The lowest BCUT2D eigenvalue weighted by Gasteiger charge is -2.10. The number of imidazole rings is 1. The number of hydrogen-bond donors (Lipinski definition) is 3. The third-order valence-electron chi connectivity index (χ3n) is 5.62. The highest BCUT2D eigenvalue weighted by Gasteiger charge is 2.09. The molecular weight excluding hydrogens is 488 g/mol. The molecule has 10 heteroatoms. The van der Waals surface area contributed by atoms with Gasteiger partial charge in [-0.2, -0.15) is 10.2 Å². The number of fused-ring (bicyclic) bond motifs is 1. The first-order chi connectivity index (χ1) is 17.9. The molecule has 0 aliphatic heterocycles. The lowest BCUT2D eigenvalue weighted by Crippen LogP contribution is -2.19. The second-order valence-corrected chi connectivity index (χ2v) is 8.88. The van der Waals surface area contributed by atoms with Crippen LogP contribution < -0.4 is 16.0 Å². The van der Waals surface area contributed by atoms with Crippen molar-refractivity contribution in [1.82, 2.24) is 24.4 Å². The summed E-state index contributed by atoms with van der Waals surface area (Å²) in [7, 11) is 1.86. The molecule has 0 aliphatic carbocycles. The first-order valence-electron chi connectivity index (χ1n) is 11.4. The molecule has 37 heavy (non-hydrogen) atoms. The van der Waals surface area contributed by atoms with E-state index in [0.29, 0.717) is 27.7 Å². The SMILES string of the molecule is Cc1cc(NC(=O)Nc2ccc(C)c(C#Cc3cnc4c(Nc5cnn(C)c5)ccnn34)c2)ccc1Cl. The van der Waals surface area contributed by atoms with Gasteiger partial charge >= 0.3 is 6.03 Å². The topological polar surface area (TPSA) is 101 Å². The summed E-state index contributed by atoms with van der Waals surface area (Å²) in [6.07, 6.45) is 6.99. The maximum absolute atomic E-state index is 12.5. The number of amides is 2. The van der Waals surface area contributed by atoms with Gasteiger partial charge in [-0.15, -0.1) is 0 Å². The van der Waals surface area contributed by atoms with Gasteiger partial charge in [0, 0.05) is 35.2 Å². The predicted octanol–water partition coefficient (Wildman–Crippen LogP) is 5.52. The summed E-state index contributed by atoms with van der Waals surface area (Å²) < 4.78 is 3.40. The Balaban J connectivity index is 1.34. The third-order valence-corrected chi connectivity index (χ3v) is 6.05. The van der Waals surface area contributed by atoms with Crippen LogP contribution in [-0.2, 0) is 7.05 Å². The second kappa shape index (κ2) is 10.0. The van der Waals surface area contributed by atoms with E-state index in [1.54, 1.807) is 39.9 Å². The fourth-order valence-electron chi connectivity index (χ4n) is 3.70. The highest BCUT2D eigenvalue weighted by Crippen LogP contribution is 2.22. The lowest BCUT2D eigenvalue weighted by atomic mass is 10.1. The highest BCUT2D eigenvalue weighted by molar-refractivity contribution is 6.31. The summed E-state index contributed by atoms with van der Waals surface area (Å²) >= 11 is 6.06. The maximum Gasteiger partial charge on any atom is 0.323 e. The van der Waals surface area contributed by atoms with Crippen molar-refractivity contribution in [3.8, 4) is 11.8 Å². The minimum absolute atomic E-state index is 0.357. The molecule has 0 unspecified atom stereocenters. The molecule has 0 saturated heterocycles. The van der Waals surface area contributed by atoms with Gasteiger partial charge in [0.2, 0.25) is 0 Å². The van der Waals surface area contributed by atoms with Crippen LogP contribution in [0.1, 0.15) is 22.4 Å². The molecule has 0 aliphatic rings. The molecule has 0 atom stereocenters. The molecule has 0 spiro atoms. The predicted molar refractivity (Wildman–Crippen MR) is 145 cm³/mol. The molecule has 3 N–H and O–H groups in total. The molecule has 0 saturated carbocycles. The summed E-state index contributed by atoms with van der Waals surface area (Å²) in [5.41, 5.74) is 6.85. The normalized spacial score (nSPS) is 10.6. The fourth-order valence-corrected chi connectivity index (χ4v) is 3.82. The number of anilines is 4. The van der Waals surface area contributed by atoms with E-state index in [-0.39, 0.29) is 6.03 Å². The van der Waals surface area contributed by atoms with Crippen molar-refractivity contribution in [2.24, 2.45) is 7.05 Å². The molecule has 184 valence electrons. The van der Waals surface area contributed by atoms with Crippen LogP contribution in [-0.4, -0.2) is 30.4 Å². The molecule has 2 amide bonds. The number of urea groups is 1. The van der Waals surface area contributed by atoms with E-state index in [1.807, 2.05) is 57.4 Å². The van der Waals surface area contributed by atoms with E-state index in [2.05, 4.69) is 43.0 Å². The van der Waals surface area contributed by atoms with Gasteiger partial charge in [0.1, 0.15) is 5.69 Å². The van der Waals surface area contributed by atoms with Crippen LogP contribution in [0.15, 0.2) is 67.3 Å². The summed E-state index contributed by atoms with van der Waals surface area (Å²) in [6, 6.07) is 12.4. The van der Waals surface area contributed by atoms with E-state index >= 15 is 0 Å². The quantitative estimate of drug-likeness (QED) is 0.276. The van der Waals surface area contributed by atoms with E-state index in [0.717, 1.165) is 28.1 Å². The van der Waals surface area contributed by atoms with Gasteiger partial charge in [-0.1, -0.05) is 23.6 Å². The summed E-state index contributed by atoms with van der Waals surface area (Å²) in [4.78, 5) is 17.0. The van der Waals surface area contributed by atoms with Crippen molar-refractivity contribution in [3.05, 3.63) is 94.7 Å². The van der Waals surface area contributed by atoms with Crippen LogP contribution in [0.2, 0.25) is 5.02 Å². The first kappa shape index (κ1) is 23.9. The Hall–Kier alpha value is -4.81. The molecule has 0 fully saturated rings. The monoisotopic (exact) mass is 510 g/mol. The van der Waals surface area contributed by atoms with Gasteiger partial charge in [-0.3, -0.25) is 4.68 Å². The minimum atomic E-state index is -0.357. The van der Waals surface area contributed by atoms with Gasteiger partial charge in [0.25, 0.3) is 0 Å². The standard InChI is InChI=1S/C27H23ClN8O/c1-17-4-6-21(34-27(37)33-20-7-9-24(28)18(2)12-20)13-19(17)5-8-23-15-29-26-25(10-11-30-36(23)26)32-22-14-31-35(3)16-22/h4,6-7,9-16,32H,1-3H3,(H2,33,34,37). The number of aromatic nitrogens is 5. The van der Waals surface area contributed by atoms with E-state index < -0.39 is 0 Å². The van der Waals surface area contributed by atoms with Crippen molar-refractivity contribution < 1.29 is 4.79 Å². The number of hydrogen-bond acceptors (Lipinski definition) is 5. The van der Waals surface area contributed by atoms with Crippen LogP contribution in [0.4, 0.5) is 27.5 Å². The van der Waals surface area contributed by atoms with Gasteiger partial charge in [0.15, 0.2) is 5.65 Å². The number of carbonyl (C=O) groups excluding carboxylic acids is 1. The fraction of sp³-hybridized carbons (Fsp3) is 0.111. The Bertz CT molecular complexity index is 1690. The van der Waals surface area contributed by atoms with Gasteiger partial charge in [-0.25, -0.2) is 14.3 Å². The number of halogens is 1. The summed E-state index contributed by atoms with van der Waals surface area (Å²) in [6.45, 7) is 3.85. The lowest BCUT2D eigenvalue weighted by molar-refractivity contribution is 0.262. The largest absolute Gasteiger partial charge is 0.350 e. The zero-order valence-corrected chi connectivity index (χ0v) is 21.1. The molecule has 5 aromatic rings. The molecular formula is C27H23ClN8O. The number of carbonyl (C=O) groups is 1. The number of aryl methyl sites for hydroxylation is 3. The van der Waals surface area contributed by atoms with Crippen molar-refractivity contribution in [1.29, 1.82) is 0 Å². The molecule has 9 nitrogen and oxygen atoms in total. The average molecular weight is 511 g/mol. The molecule has 0 radical (unpaired) electrons. The van der Waals surface area contributed by atoms with Crippen LogP contribution in [0.5, 0.6) is 0 Å². The number of rotatable bonds is 4. The van der Waals surface area contributed by atoms with Crippen molar-refractivity contribution in [2.75, 3.05) is 16.0 Å². The molecule has 5 rings (SSSR count). The highest BCUT2D eigenvalue weighted by atomic mass is 35.5. The van der Waals surface area contributed by atoms with Crippen molar-refractivity contribution >= 4 is 46.0 Å².